The molecule has 1 heterocycles. The number of hydrogen-bond donors (Lipinski definition) is 2. The number of nitrogens with one attached hydrogen (secondary N) is 2. The van der Waals surface area contributed by atoms with Crippen molar-refractivity contribution in [1.29, 1.82) is 0 Å². The maximum Gasteiger partial charge on any atom is 0.211 e. The summed E-state index contributed by atoms with van der Waals surface area (Å²) >= 11 is 1.70. The molecule has 0 saturated carbocycles. The van der Waals surface area contributed by atoms with Gasteiger partial charge in [-0.15, -0.1) is 0 Å². The second kappa shape index (κ2) is 6.78. The van der Waals surface area contributed by atoms with E-state index in [0.717, 1.165) is 21.4 Å². The van der Waals surface area contributed by atoms with Crippen molar-refractivity contribution in [2.75, 3.05) is 12.8 Å². The summed E-state index contributed by atoms with van der Waals surface area (Å²) in [5, 5.41) is 1.12. The number of fused-ring (bicyclic) bond motifs is 1. The van der Waals surface area contributed by atoms with Gasteiger partial charge in [-0.2, -0.15) is 0 Å². The van der Waals surface area contributed by atoms with Crippen LogP contribution in [-0.2, 0) is 16.4 Å². The second-order valence-corrected chi connectivity index (χ2v) is 8.38. The summed E-state index contributed by atoms with van der Waals surface area (Å²) < 4.78 is 25.5. The molecule has 3 rings (SSSR count). The smallest absolute Gasteiger partial charge is 0.211 e. The van der Waals surface area contributed by atoms with Gasteiger partial charge in [0.2, 0.25) is 10.0 Å². The molecule has 0 spiro atoms. The predicted molar refractivity (Wildman–Crippen MR) is 95.4 cm³/mol. The second-order valence-electron chi connectivity index (χ2n) is 5.22. The van der Waals surface area contributed by atoms with Crippen LogP contribution in [0.2, 0.25) is 0 Å². The zero-order valence-corrected chi connectivity index (χ0v) is 14.4. The predicted octanol–water partition coefficient (Wildman–Crippen LogP) is 3.41. The Balaban J connectivity index is 1.85. The number of aromatic nitrogens is 1. The summed E-state index contributed by atoms with van der Waals surface area (Å²) in [6, 6.07) is 16.2. The lowest BCUT2D eigenvalue weighted by Gasteiger charge is -2.04. The fourth-order valence-corrected chi connectivity index (χ4v) is 4.00. The van der Waals surface area contributed by atoms with E-state index < -0.39 is 10.0 Å². The largest absolute Gasteiger partial charge is 0.360 e. The minimum absolute atomic E-state index is 0.0978. The number of aryl methyl sites for hydroxylation is 1. The van der Waals surface area contributed by atoms with E-state index in [1.807, 2.05) is 36.5 Å². The lowest BCUT2D eigenvalue weighted by molar-refractivity contribution is 0.587. The first-order valence-electron chi connectivity index (χ1n) is 7.31. The number of rotatable bonds is 6. The molecule has 0 bridgehead atoms. The highest BCUT2D eigenvalue weighted by atomic mass is 32.2. The highest BCUT2D eigenvalue weighted by molar-refractivity contribution is 7.99. The van der Waals surface area contributed by atoms with E-state index >= 15 is 0 Å². The van der Waals surface area contributed by atoms with Crippen LogP contribution in [0, 0.1) is 0 Å². The number of hydrogen-bond acceptors (Lipinski definition) is 3. The Bertz CT molecular complexity index is 903. The van der Waals surface area contributed by atoms with Crippen LogP contribution >= 0.6 is 11.8 Å². The van der Waals surface area contributed by atoms with E-state index in [1.165, 1.54) is 11.9 Å². The maximum absolute atomic E-state index is 11.6. The summed E-state index contributed by atoms with van der Waals surface area (Å²) in [6.45, 7) is 0. The third kappa shape index (κ3) is 3.96. The minimum Gasteiger partial charge on any atom is -0.360 e. The average Bonchev–Trinajstić information content (AvgIpc) is 2.96. The molecule has 3 aromatic rings. The molecule has 0 aliphatic carbocycles. The van der Waals surface area contributed by atoms with Gasteiger partial charge in [0.05, 0.1) is 5.75 Å². The van der Waals surface area contributed by atoms with Gasteiger partial charge < -0.3 is 4.98 Å². The van der Waals surface area contributed by atoms with Gasteiger partial charge in [-0.25, -0.2) is 13.1 Å². The topological polar surface area (TPSA) is 62.0 Å². The van der Waals surface area contributed by atoms with Crippen molar-refractivity contribution in [2.24, 2.45) is 0 Å². The fraction of sp³-hybridized carbons (Fsp3) is 0.176. The molecule has 6 heteroatoms. The van der Waals surface area contributed by atoms with Gasteiger partial charge in [0.25, 0.3) is 0 Å². The highest BCUT2D eigenvalue weighted by Crippen LogP contribution is 2.33. The molecular formula is C17H18N2O2S2. The van der Waals surface area contributed by atoms with Crippen molar-refractivity contribution in [3.05, 3.63) is 60.3 Å². The average molecular weight is 346 g/mol. The fourth-order valence-electron chi connectivity index (χ4n) is 2.35. The summed E-state index contributed by atoms with van der Waals surface area (Å²) in [4.78, 5) is 5.59. The van der Waals surface area contributed by atoms with Crippen LogP contribution in [0.15, 0.2) is 64.5 Å². The van der Waals surface area contributed by atoms with Crippen LogP contribution in [0.25, 0.3) is 10.9 Å². The third-order valence-electron chi connectivity index (χ3n) is 3.65. The van der Waals surface area contributed by atoms with E-state index in [-0.39, 0.29) is 5.75 Å². The molecule has 23 heavy (non-hydrogen) atoms. The van der Waals surface area contributed by atoms with Crippen molar-refractivity contribution in [1.82, 2.24) is 9.71 Å². The third-order valence-corrected chi connectivity index (χ3v) is 6.08. The zero-order valence-electron chi connectivity index (χ0n) is 12.7. The standard InChI is InChI=1S/C17H18N2O2S2/c1-18-23(20,21)10-9-13-7-8-16-15(11-13)17(12-19-16)22-14-5-3-2-4-6-14/h2-8,11-12,18-19H,9-10H2,1H3. The van der Waals surface area contributed by atoms with Gasteiger partial charge in [-0.05, 0) is 43.3 Å². The van der Waals surface area contributed by atoms with Crippen LogP contribution in [0.5, 0.6) is 0 Å². The highest BCUT2D eigenvalue weighted by Gasteiger charge is 2.10. The first-order valence-corrected chi connectivity index (χ1v) is 9.78. The molecule has 2 aromatic carbocycles. The van der Waals surface area contributed by atoms with Gasteiger partial charge in [0.1, 0.15) is 0 Å². The van der Waals surface area contributed by atoms with Crippen molar-refractivity contribution >= 4 is 32.7 Å². The molecule has 0 aliphatic heterocycles. The van der Waals surface area contributed by atoms with Crippen LogP contribution in [0.1, 0.15) is 5.56 Å². The Morgan fingerprint density at radius 1 is 1.13 bits per heavy atom. The summed E-state index contributed by atoms with van der Waals surface area (Å²) in [7, 11) is -1.74. The molecule has 0 saturated heterocycles. The van der Waals surface area contributed by atoms with Crippen molar-refractivity contribution in [2.45, 2.75) is 16.2 Å². The van der Waals surface area contributed by atoms with E-state index in [2.05, 4.69) is 27.9 Å². The normalized spacial score (nSPS) is 11.9. The monoisotopic (exact) mass is 346 g/mol. The number of sulfonamides is 1. The lowest BCUT2D eigenvalue weighted by atomic mass is 10.1. The van der Waals surface area contributed by atoms with Gasteiger partial charge in [-0.1, -0.05) is 36.0 Å². The van der Waals surface area contributed by atoms with Crippen molar-refractivity contribution in [3.8, 4) is 0 Å². The van der Waals surface area contributed by atoms with Crippen molar-refractivity contribution < 1.29 is 8.42 Å². The Morgan fingerprint density at radius 3 is 2.65 bits per heavy atom. The van der Waals surface area contributed by atoms with Crippen LogP contribution < -0.4 is 4.72 Å². The molecular weight excluding hydrogens is 328 g/mol. The molecule has 0 unspecified atom stereocenters. The van der Waals surface area contributed by atoms with Crippen molar-refractivity contribution in [3.63, 3.8) is 0 Å². The van der Waals surface area contributed by atoms with E-state index in [1.54, 1.807) is 11.8 Å². The quantitative estimate of drug-likeness (QED) is 0.719. The van der Waals surface area contributed by atoms with Crippen LogP contribution in [0.4, 0.5) is 0 Å². The van der Waals surface area contributed by atoms with Crippen LogP contribution in [-0.4, -0.2) is 26.2 Å². The zero-order chi connectivity index (χ0) is 16.3. The first-order chi connectivity index (χ1) is 11.1. The SMILES string of the molecule is CNS(=O)(=O)CCc1ccc2[nH]cc(Sc3ccccc3)c2c1. The summed E-state index contributed by atoms with van der Waals surface area (Å²) in [5.74, 6) is 0.0978. The maximum atomic E-state index is 11.6. The molecule has 0 fully saturated rings. The molecule has 0 amide bonds. The first kappa shape index (κ1) is 16.1. The Morgan fingerprint density at radius 2 is 1.91 bits per heavy atom. The molecule has 4 nitrogen and oxygen atoms in total. The summed E-state index contributed by atoms with van der Waals surface area (Å²) in [6.07, 6.45) is 2.50. The molecule has 0 radical (unpaired) electrons. The Labute approximate surface area is 140 Å². The van der Waals surface area contributed by atoms with Gasteiger partial charge >= 0.3 is 0 Å². The molecule has 1 aromatic heterocycles. The van der Waals surface area contributed by atoms with Gasteiger partial charge in [0.15, 0.2) is 0 Å². The molecule has 0 aliphatic rings. The Hall–Kier alpha value is -1.76. The molecule has 120 valence electrons. The van der Waals surface area contributed by atoms with Gasteiger partial charge in [-0.3, -0.25) is 0 Å². The van der Waals surface area contributed by atoms with E-state index in [9.17, 15) is 8.42 Å². The number of H-pyrrole nitrogens is 1. The minimum atomic E-state index is -3.18. The lowest BCUT2D eigenvalue weighted by Crippen LogP contribution is -2.23. The van der Waals surface area contributed by atoms with E-state index in [0.29, 0.717) is 6.42 Å². The van der Waals surface area contributed by atoms with Gasteiger partial charge in [0, 0.05) is 26.9 Å². The number of aromatic amines is 1. The summed E-state index contributed by atoms with van der Waals surface area (Å²) in [5.41, 5.74) is 2.08. The van der Waals surface area contributed by atoms with Crippen LogP contribution in [0.3, 0.4) is 0 Å². The molecule has 2 N–H and O–H groups in total. The number of benzene rings is 2. The molecule has 0 atom stereocenters. The van der Waals surface area contributed by atoms with E-state index in [4.69, 9.17) is 0 Å². The Kier molecular flexibility index (Phi) is 4.75.